The Labute approximate surface area is 147 Å². The van der Waals surface area contributed by atoms with Gasteiger partial charge in [-0.25, -0.2) is 14.2 Å². The SMILES string of the molecule is COc1ccccc1C1=NCN(c2cccc(CS(C)(=N)=O)c2)C=N1. The Balaban J connectivity index is 1.79. The molecule has 1 unspecified atom stereocenters. The number of ether oxygens (including phenoxy) is 1. The highest BCUT2D eigenvalue weighted by molar-refractivity contribution is 7.90. The minimum Gasteiger partial charge on any atom is -0.496 e. The number of aliphatic imine (C=N–C) groups is 2. The fraction of sp³-hybridized carbons (Fsp3) is 0.222. The van der Waals surface area contributed by atoms with Crippen molar-refractivity contribution in [2.75, 3.05) is 24.9 Å². The van der Waals surface area contributed by atoms with E-state index < -0.39 is 9.73 Å². The number of hydrogen-bond donors (Lipinski definition) is 1. The molecule has 3 rings (SSSR count). The first kappa shape index (κ1) is 17.2. The molecule has 0 fully saturated rings. The summed E-state index contributed by atoms with van der Waals surface area (Å²) >= 11 is 0. The summed E-state index contributed by atoms with van der Waals surface area (Å²) < 4.78 is 24.7. The number of nitrogens with one attached hydrogen (secondary N) is 1. The number of para-hydroxylation sites is 1. The van der Waals surface area contributed by atoms with Crippen molar-refractivity contribution < 1.29 is 8.95 Å². The van der Waals surface area contributed by atoms with Crippen LogP contribution in [-0.2, 0) is 15.5 Å². The molecular formula is C18H20N4O2S. The molecule has 0 saturated carbocycles. The second kappa shape index (κ2) is 7.06. The van der Waals surface area contributed by atoms with Crippen molar-refractivity contribution in [2.24, 2.45) is 9.98 Å². The van der Waals surface area contributed by atoms with Gasteiger partial charge in [0.1, 0.15) is 12.4 Å². The summed E-state index contributed by atoms with van der Waals surface area (Å²) in [4.78, 5) is 10.9. The fourth-order valence-corrected chi connectivity index (χ4v) is 3.44. The molecule has 6 nitrogen and oxygen atoms in total. The van der Waals surface area contributed by atoms with Gasteiger partial charge in [0.25, 0.3) is 0 Å². The Morgan fingerprint density at radius 3 is 2.72 bits per heavy atom. The minimum absolute atomic E-state index is 0.238. The van der Waals surface area contributed by atoms with Crippen LogP contribution in [-0.4, -0.2) is 36.4 Å². The predicted octanol–water partition coefficient (Wildman–Crippen LogP) is 3.12. The van der Waals surface area contributed by atoms with Gasteiger partial charge in [0, 0.05) is 21.7 Å². The average molecular weight is 356 g/mol. The largest absolute Gasteiger partial charge is 0.496 e. The van der Waals surface area contributed by atoms with E-state index in [2.05, 4.69) is 9.98 Å². The van der Waals surface area contributed by atoms with Crippen LogP contribution in [0.5, 0.6) is 5.75 Å². The van der Waals surface area contributed by atoms with E-state index in [1.807, 2.05) is 53.4 Å². The summed E-state index contributed by atoms with van der Waals surface area (Å²) in [7, 11) is -0.944. The standard InChI is InChI=1S/C18H20N4O2S/c1-24-17-9-4-3-8-16(17)18-20-12-22(13-21-18)15-7-5-6-14(10-15)11-25(2,19)23/h3-10,12,19H,11,13H2,1-2H3. The molecule has 0 spiro atoms. The summed E-state index contributed by atoms with van der Waals surface area (Å²) in [5, 5.41) is 0. The van der Waals surface area contributed by atoms with Crippen molar-refractivity contribution in [3.05, 3.63) is 59.7 Å². The zero-order valence-corrected chi connectivity index (χ0v) is 15.0. The molecule has 0 saturated heterocycles. The van der Waals surface area contributed by atoms with Gasteiger partial charge in [-0.15, -0.1) is 0 Å². The van der Waals surface area contributed by atoms with Crippen LogP contribution in [0.2, 0.25) is 0 Å². The molecule has 0 aromatic heterocycles. The summed E-state index contributed by atoms with van der Waals surface area (Å²) in [6, 6.07) is 15.3. The molecule has 25 heavy (non-hydrogen) atoms. The number of methoxy groups -OCH3 is 1. The lowest BCUT2D eigenvalue weighted by atomic mass is 10.2. The molecule has 130 valence electrons. The lowest BCUT2D eigenvalue weighted by molar-refractivity contribution is 0.414. The Morgan fingerprint density at radius 2 is 2.04 bits per heavy atom. The van der Waals surface area contributed by atoms with Gasteiger partial charge in [-0.1, -0.05) is 24.3 Å². The molecule has 0 aliphatic carbocycles. The molecule has 0 radical (unpaired) electrons. The zero-order chi connectivity index (χ0) is 17.9. The maximum Gasteiger partial charge on any atom is 0.161 e. The van der Waals surface area contributed by atoms with Gasteiger partial charge in [0.05, 0.1) is 24.8 Å². The highest BCUT2D eigenvalue weighted by atomic mass is 32.2. The van der Waals surface area contributed by atoms with Crippen molar-refractivity contribution in [1.29, 1.82) is 4.78 Å². The van der Waals surface area contributed by atoms with E-state index in [0.717, 1.165) is 22.6 Å². The maximum atomic E-state index is 11.7. The summed E-state index contributed by atoms with van der Waals surface area (Å²) in [6.45, 7) is 0.433. The van der Waals surface area contributed by atoms with Crippen molar-refractivity contribution in [1.82, 2.24) is 0 Å². The van der Waals surface area contributed by atoms with E-state index >= 15 is 0 Å². The van der Waals surface area contributed by atoms with Crippen molar-refractivity contribution in [3.8, 4) is 5.75 Å². The molecule has 2 aromatic rings. The topological polar surface area (TPSA) is 78.1 Å². The second-order valence-corrected chi connectivity index (χ2v) is 8.16. The number of hydrogen-bond acceptors (Lipinski definition) is 6. The number of anilines is 1. The normalized spacial score (nSPS) is 16.2. The Morgan fingerprint density at radius 1 is 1.24 bits per heavy atom. The fourth-order valence-electron chi connectivity index (χ4n) is 2.62. The van der Waals surface area contributed by atoms with Crippen molar-refractivity contribution in [3.63, 3.8) is 0 Å². The van der Waals surface area contributed by atoms with Gasteiger partial charge < -0.3 is 9.64 Å². The quantitative estimate of drug-likeness (QED) is 0.894. The summed E-state index contributed by atoms with van der Waals surface area (Å²) in [6.07, 6.45) is 3.18. The van der Waals surface area contributed by atoms with Gasteiger partial charge in [-0.2, -0.15) is 0 Å². The average Bonchev–Trinajstić information content (AvgIpc) is 2.60. The molecule has 2 aromatic carbocycles. The highest BCUT2D eigenvalue weighted by Gasteiger charge is 2.14. The van der Waals surface area contributed by atoms with E-state index in [4.69, 9.17) is 9.52 Å². The van der Waals surface area contributed by atoms with Gasteiger partial charge >= 0.3 is 0 Å². The second-order valence-electron chi connectivity index (χ2n) is 5.86. The van der Waals surface area contributed by atoms with E-state index in [1.54, 1.807) is 13.4 Å². The molecular weight excluding hydrogens is 336 g/mol. The first-order valence-corrected chi connectivity index (χ1v) is 9.89. The van der Waals surface area contributed by atoms with Crippen LogP contribution >= 0.6 is 0 Å². The smallest absolute Gasteiger partial charge is 0.161 e. The van der Waals surface area contributed by atoms with Crippen molar-refractivity contribution in [2.45, 2.75) is 5.75 Å². The van der Waals surface area contributed by atoms with E-state index in [-0.39, 0.29) is 5.75 Å². The third kappa shape index (κ3) is 4.24. The van der Waals surface area contributed by atoms with E-state index in [9.17, 15) is 4.21 Å². The molecule has 1 N–H and O–H groups in total. The van der Waals surface area contributed by atoms with Crippen LogP contribution in [0.15, 0.2) is 58.5 Å². The number of amidine groups is 1. The van der Waals surface area contributed by atoms with Crippen molar-refractivity contribution >= 4 is 27.6 Å². The molecule has 1 aliphatic heterocycles. The van der Waals surface area contributed by atoms with Crippen LogP contribution < -0.4 is 9.64 Å². The first-order valence-electron chi connectivity index (χ1n) is 7.75. The highest BCUT2D eigenvalue weighted by Crippen LogP contribution is 2.22. The molecule has 0 bridgehead atoms. The van der Waals surface area contributed by atoms with Crippen LogP contribution in [0.1, 0.15) is 11.1 Å². The Hall–Kier alpha value is -2.67. The Kier molecular flexibility index (Phi) is 4.85. The lowest BCUT2D eigenvalue weighted by Crippen LogP contribution is -2.26. The number of rotatable bonds is 5. The van der Waals surface area contributed by atoms with Gasteiger partial charge in [0.2, 0.25) is 0 Å². The van der Waals surface area contributed by atoms with Crippen LogP contribution in [0.25, 0.3) is 0 Å². The van der Waals surface area contributed by atoms with E-state index in [0.29, 0.717) is 12.5 Å². The monoisotopic (exact) mass is 356 g/mol. The molecule has 7 heteroatoms. The van der Waals surface area contributed by atoms with Crippen LogP contribution in [0, 0.1) is 4.78 Å². The molecule has 1 aliphatic rings. The predicted molar refractivity (Wildman–Crippen MR) is 102 cm³/mol. The zero-order valence-electron chi connectivity index (χ0n) is 14.2. The number of nitrogens with zero attached hydrogens (tertiary/aromatic N) is 3. The lowest BCUT2D eigenvalue weighted by Gasteiger charge is -2.22. The third-order valence-corrected chi connectivity index (χ3v) is 4.61. The van der Waals surface area contributed by atoms with Gasteiger partial charge in [0.15, 0.2) is 5.84 Å². The molecule has 1 atom stereocenters. The minimum atomic E-state index is -2.57. The molecule has 0 amide bonds. The molecule has 1 heterocycles. The van der Waals surface area contributed by atoms with Gasteiger partial charge in [-0.05, 0) is 29.8 Å². The van der Waals surface area contributed by atoms with E-state index in [1.165, 1.54) is 6.26 Å². The first-order chi connectivity index (χ1) is 12.0. The van der Waals surface area contributed by atoms with Crippen LogP contribution in [0.4, 0.5) is 5.69 Å². The van der Waals surface area contributed by atoms with Gasteiger partial charge in [-0.3, -0.25) is 4.78 Å². The maximum absolute atomic E-state index is 11.7. The third-order valence-electron chi connectivity index (χ3n) is 3.72. The summed E-state index contributed by atoms with van der Waals surface area (Å²) in [5.41, 5.74) is 2.63. The number of benzene rings is 2. The Bertz CT molecular complexity index is 936. The summed E-state index contributed by atoms with van der Waals surface area (Å²) in [5.74, 6) is 1.61. The van der Waals surface area contributed by atoms with Crippen LogP contribution in [0.3, 0.4) is 0 Å².